The van der Waals surface area contributed by atoms with E-state index in [-0.39, 0.29) is 41.5 Å². The summed E-state index contributed by atoms with van der Waals surface area (Å²) in [6.45, 7) is 5.42. The number of hydrogen-bond acceptors (Lipinski definition) is 14. The molecule has 0 aliphatic carbocycles. The lowest BCUT2D eigenvalue weighted by Crippen LogP contribution is -2.46. The largest absolute Gasteiger partial charge is 0.490 e. The second-order valence-electron chi connectivity index (χ2n) is 15.1. The van der Waals surface area contributed by atoms with Crippen LogP contribution in [0.3, 0.4) is 0 Å². The van der Waals surface area contributed by atoms with E-state index in [4.69, 9.17) is 19.4 Å². The van der Waals surface area contributed by atoms with E-state index >= 15 is 0 Å². The molecule has 8 rings (SSSR count). The fraction of sp³-hybridized carbons (Fsp3) is 0.405. The van der Waals surface area contributed by atoms with E-state index in [1.54, 1.807) is 19.2 Å². The number of halogens is 3. The van der Waals surface area contributed by atoms with Crippen molar-refractivity contribution in [1.82, 2.24) is 35.1 Å². The summed E-state index contributed by atoms with van der Waals surface area (Å²) < 4.78 is 57.3. The fourth-order valence-corrected chi connectivity index (χ4v) is 7.87. The van der Waals surface area contributed by atoms with Crippen molar-refractivity contribution in [2.75, 3.05) is 67.6 Å². The molecule has 3 aromatic heterocycles. The molecule has 0 radical (unpaired) electrons. The van der Waals surface area contributed by atoms with Crippen LogP contribution in [0.25, 0.3) is 11.2 Å². The third-order valence-corrected chi connectivity index (χ3v) is 11.0. The molecule has 0 unspecified atom stereocenters. The maximum absolute atomic E-state index is 13.4. The third-order valence-electron chi connectivity index (χ3n) is 11.0. The van der Waals surface area contributed by atoms with Gasteiger partial charge in [0.1, 0.15) is 11.9 Å². The summed E-state index contributed by atoms with van der Waals surface area (Å²) in [5.41, 5.74) is 2.80. The number of carbonyl (C=O) groups is 3. The van der Waals surface area contributed by atoms with Gasteiger partial charge in [-0.2, -0.15) is 23.1 Å². The zero-order chi connectivity index (χ0) is 43.4. The molecule has 5 aromatic rings. The van der Waals surface area contributed by atoms with Gasteiger partial charge in [0.25, 0.3) is 11.8 Å². The molecule has 5 atom stereocenters. The van der Waals surface area contributed by atoms with Gasteiger partial charge in [-0.1, -0.05) is 60.7 Å². The van der Waals surface area contributed by atoms with Crippen molar-refractivity contribution in [2.24, 2.45) is 0 Å². The Labute approximate surface area is 353 Å². The predicted molar refractivity (Wildman–Crippen MR) is 218 cm³/mol. The summed E-state index contributed by atoms with van der Waals surface area (Å²) in [6, 6.07) is 23.0. The van der Waals surface area contributed by atoms with Crippen molar-refractivity contribution >= 4 is 46.5 Å². The van der Waals surface area contributed by atoms with E-state index in [1.807, 2.05) is 71.6 Å². The Morgan fingerprint density at radius 3 is 2.29 bits per heavy atom. The quantitative estimate of drug-likeness (QED) is 0.126. The molecule has 17 nitrogen and oxygen atoms in total. The van der Waals surface area contributed by atoms with Gasteiger partial charge in [0.15, 0.2) is 35.4 Å². The highest BCUT2D eigenvalue weighted by Gasteiger charge is 2.54. The van der Waals surface area contributed by atoms with Gasteiger partial charge in [-0.15, -0.1) is 0 Å². The van der Waals surface area contributed by atoms with Gasteiger partial charge in [-0.05, 0) is 36.6 Å². The van der Waals surface area contributed by atoms with Crippen LogP contribution in [-0.4, -0.2) is 130 Å². The molecule has 3 fully saturated rings. The van der Waals surface area contributed by atoms with Crippen LogP contribution in [0.15, 0.2) is 85.3 Å². The zero-order valence-corrected chi connectivity index (χ0v) is 33.6. The lowest BCUT2D eigenvalue weighted by Gasteiger charge is -2.27. The van der Waals surface area contributed by atoms with Crippen molar-refractivity contribution < 1.29 is 46.9 Å². The number of imidazole rings is 1. The molecule has 2 aromatic carbocycles. The molecule has 0 spiro atoms. The number of morpholine rings is 1. The number of likely N-dealkylation sites (N-methyl/N-ethyl adjacent to an activating group) is 1. The number of nitrogens with zero attached hydrogens (tertiary/aromatic N) is 7. The Kier molecular flexibility index (Phi) is 12.5. The van der Waals surface area contributed by atoms with Crippen molar-refractivity contribution in [2.45, 2.75) is 56.0 Å². The first-order valence-corrected chi connectivity index (χ1v) is 20.3. The van der Waals surface area contributed by atoms with Gasteiger partial charge in [-0.3, -0.25) is 14.2 Å². The second-order valence-corrected chi connectivity index (χ2v) is 15.1. The standard InChI is InChI=1S/C42H45F3N10O7/c1-2-46-38(58)34-33(62-40(59)42(43,44)45)32(56)39(61-34)55-24-49-31-35(48-22-29(25-9-5-3-6-10-25)26-11-7-4-8-12-26)51-41(52-36(31)55)54-16-15-28(23-54)50-37(57)27-13-14-30(47-21-27)53-17-19-60-20-18-53/h3-14,21,24,28-29,32-34,39,56H,2,15-20,22-23H2,1H3,(H,46,58)(H,50,57)(H,48,51,52)/t28-,32-,33+,34+,39-/m1/s1. The summed E-state index contributed by atoms with van der Waals surface area (Å²) in [4.78, 5) is 61.1. The van der Waals surface area contributed by atoms with Crippen LogP contribution < -0.4 is 25.8 Å². The first kappa shape index (κ1) is 42.3. The molecule has 2 amide bonds. The topological polar surface area (TPSA) is 198 Å². The van der Waals surface area contributed by atoms with Crippen molar-refractivity contribution in [3.05, 3.63) is 102 Å². The number of esters is 1. The van der Waals surface area contributed by atoms with Crippen LogP contribution in [0.2, 0.25) is 0 Å². The predicted octanol–water partition coefficient (Wildman–Crippen LogP) is 3.18. The Balaban J connectivity index is 1.09. The minimum atomic E-state index is -5.40. The lowest BCUT2D eigenvalue weighted by atomic mass is 9.91. The fourth-order valence-electron chi connectivity index (χ4n) is 7.87. The van der Waals surface area contributed by atoms with E-state index in [2.05, 4.69) is 35.6 Å². The van der Waals surface area contributed by atoms with E-state index < -0.39 is 42.6 Å². The smallest absolute Gasteiger partial charge is 0.449 e. The monoisotopic (exact) mass is 858 g/mol. The normalized spacial score (nSPS) is 21.6. The van der Waals surface area contributed by atoms with Crippen LogP contribution in [-0.2, 0) is 23.8 Å². The summed E-state index contributed by atoms with van der Waals surface area (Å²) in [5.74, 6) is -2.63. The van der Waals surface area contributed by atoms with Gasteiger partial charge >= 0.3 is 12.1 Å². The number of aromatic nitrogens is 5. The second kappa shape index (κ2) is 18.3. The summed E-state index contributed by atoms with van der Waals surface area (Å²) >= 11 is 0. The number of nitrogens with one attached hydrogen (secondary N) is 3. The molecule has 3 saturated heterocycles. The average molecular weight is 859 g/mol. The van der Waals surface area contributed by atoms with E-state index in [0.717, 1.165) is 16.9 Å². The Hall–Kier alpha value is -6.38. The Morgan fingerprint density at radius 2 is 1.65 bits per heavy atom. The van der Waals surface area contributed by atoms with Crippen LogP contribution in [0.4, 0.5) is 30.8 Å². The zero-order valence-electron chi connectivity index (χ0n) is 33.6. The summed E-state index contributed by atoms with van der Waals surface area (Å²) in [6.07, 6.45) is -9.39. The number of benzene rings is 2. The number of ether oxygens (including phenoxy) is 3. The maximum Gasteiger partial charge on any atom is 0.490 e. The molecular formula is C42H45F3N10O7. The number of fused-ring (bicyclic) bond motifs is 1. The summed E-state index contributed by atoms with van der Waals surface area (Å²) in [5, 5.41) is 20.4. The molecule has 20 heteroatoms. The summed E-state index contributed by atoms with van der Waals surface area (Å²) in [7, 11) is 0. The van der Waals surface area contributed by atoms with Gasteiger partial charge in [-0.25, -0.2) is 14.8 Å². The molecule has 6 heterocycles. The van der Waals surface area contributed by atoms with Crippen molar-refractivity contribution in [3.8, 4) is 0 Å². The number of alkyl halides is 3. The molecule has 326 valence electrons. The first-order chi connectivity index (χ1) is 30.0. The highest BCUT2D eigenvalue weighted by molar-refractivity contribution is 5.94. The number of anilines is 3. The van der Waals surface area contributed by atoms with Crippen LogP contribution in [0.5, 0.6) is 0 Å². The molecule has 4 N–H and O–H groups in total. The number of amides is 2. The number of hydrogen-bond donors (Lipinski definition) is 4. The minimum Gasteiger partial charge on any atom is -0.449 e. The number of carbonyl (C=O) groups excluding carboxylic acids is 3. The molecule has 62 heavy (non-hydrogen) atoms. The maximum atomic E-state index is 13.4. The van der Waals surface area contributed by atoms with Gasteiger partial charge in [0, 0.05) is 57.4 Å². The molecule has 3 aliphatic rings. The van der Waals surface area contributed by atoms with Crippen molar-refractivity contribution in [3.63, 3.8) is 0 Å². The molecule has 3 aliphatic heterocycles. The van der Waals surface area contributed by atoms with E-state index in [1.165, 1.54) is 10.9 Å². The number of aliphatic hydroxyl groups excluding tert-OH is 1. The third kappa shape index (κ3) is 9.12. The van der Waals surface area contributed by atoms with Gasteiger partial charge < -0.3 is 45.1 Å². The lowest BCUT2D eigenvalue weighted by molar-refractivity contribution is -0.209. The first-order valence-electron chi connectivity index (χ1n) is 20.3. The molecule has 0 bridgehead atoms. The number of pyridine rings is 1. The van der Waals surface area contributed by atoms with Crippen LogP contribution >= 0.6 is 0 Å². The van der Waals surface area contributed by atoms with Crippen LogP contribution in [0.1, 0.15) is 47.0 Å². The van der Waals surface area contributed by atoms with Crippen LogP contribution in [0, 0.1) is 0 Å². The van der Waals surface area contributed by atoms with Gasteiger partial charge in [0.05, 0.1) is 25.1 Å². The molecular weight excluding hydrogens is 814 g/mol. The molecule has 0 saturated carbocycles. The minimum absolute atomic E-state index is 0.0847. The Morgan fingerprint density at radius 1 is 0.935 bits per heavy atom. The SMILES string of the molecule is CCNC(=O)[C@H]1O[C@@H](n2cnc3c(NCC(c4ccccc4)c4ccccc4)nc(N4CC[C@@H](NC(=O)c5ccc(N6CCOCC6)nc5)C4)nc32)[C@H](O)[C@@H]1OC(=O)C(F)(F)F. The Bertz CT molecular complexity index is 2310. The highest BCUT2D eigenvalue weighted by atomic mass is 19.4. The number of rotatable bonds is 13. The van der Waals surface area contributed by atoms with E-state index in [0.29, 0.717) is 63.7 Å². The average Bonchev–Trinajstić information content (AvgIpc) is 4.02. The van der Waals surface area contributed by atoms with E-state index in [9.17, 15) is 32.7 Å². The van der Waals surface area contributed by atoms with Gasteiger partial charge in [0.2, 0.25) is 5.95 Å². The highest BCUT2D eigenvalue weighted by Crippen LogP contribution is 2.37. The number of aliphatic hydroxyl groups is 1. The van der Waals surface area contributed by atoms with Crippen molar-refractivity contribution in [1.29, 1.82) is 0 Å².